The lowest BCUT2D eigenvalue weighted by atomic mass is 9.93. The maximum Gasteiger partial charge on any atom is 0.165 e. The van der Waals surface area contributed by atoms with Crippen LogP contribution in [-0.2, 0) is 13.1 Å². The molecule has 0 bridgehead atoms. The number of rotatable bonds is 10. The molecule has 0 spiro atoms. The lowest BCUT2D eigenvalue weighted by molar-refractivity contribution is 0.405. The van der Waals surface area contributed by atoms with Crippen molar-refractivity contribution in [2.75, 3.05) is 20.0 Å². The van der Waals surface area contributed by atoms with Gasteiger partial charge < -0.3 is 14.4 Å². The molecule has 0 saturated carbocycles. The van der Waals surface area contributed by atoms with E-state index in [2.05, 4.69) is 82.0 Å². The molecule has 0 N–H and O–H groups in total. The molecule has 3 rings (SSSR count). The third-order valence-corrected chi connectivity index (χ3v) is 7.06. The van der Waals surface area contributed by atoms with E-state index < -0.39 is 0 Å². The molecule has 3 aromatic carbocycles. The Morgan fingerprint density at radius 1 is 0.757 bits per heavy atom. The maximum atomic E-state index is 5.41. The second-order valence-electron chi connectivity index (χ2n) is 9.47. The highest BCUT2D eigenvalue weighted by atomic mass is 127. The molecule has 0 fully saturated rings. The molecular formula is C31H41IN2O2S. The number of aliphatic imine (C=N–C) groups is 1. The van der Waals surface area contributed by atoms with Gasteiger partial charge in [-0.1, -0.05) is 88.8 Å². The number of hydrogen-bond acceptors (Lipinski definition) is 4. The van der Waals surface area contributed by atoms with Crippen LogP contribution in [0.1, 0.15) is 68.7 Å². The van der Waals surface area contributed by atoms with Gasteiger partial charge in [0.15, 0.2) is 5.17 Å². The van der Waals surface area contributed by atoms with Crippen molar-refractivity contribution >= 4 is 46.6 Å². The Bertz CT molecular complexity index is 1050. The highest BCUT2D eigenvalue weighted by molar-refractivity contribution is 14.0. The van der Waals surface area contributed by atoms with Crippen LogP contribution >= 0.6 is 35.7 Å². The molecular weight excluding hydrogens is 591 g/mol. The Labute approximate surface area is 244 Å². The fraction of sp³-hybridized carbons (Fsp3) is 0.387. The first-order valence-corrected chi connectivity index (χ1v) is 13.7. The minimum absolute atomic E-state index is 0. The van der Waals surface area contributed by atoms with Crippen molar-refractivity contribution in [3.05, 3.63) is 89.0 Å². The second-order valence-corrected chi connectivity index (χ2v) is 10.7. The van der Waals surface area contributed by atoms with Gasteiger partial charge in [0.1, 0.15) is 11.5 Å². The average Bonchev–Trinajstić information content (AvgIpc) is 2.88. The number of methoxy groups -OCH3 is 2. The van der Waals surface area contributed by atoms with Crippen molar-refractivity contribution in [3.8, 4) is 11.5 Å². The summed E-state index contributed by atoms with van der Waals surface area (Å²) < 4.78 is 10.7. The molecule has 0 atom stereocenters. The Morgan fingerprint density at radius 2 is 1.19 bits per heavy atom. The zero-order valence-corrected chi connectivity index (χ0v) is 26.3. The van der Waals surface area contributed by atoms with Gasteiger partial charge in [0.2, 0.25) is 0 Å². The van der Waals surface area contributed by atoms with Gasteiger partial charge in [-0.25, -0.2) is 4.99 Å². The quantitative estimate of drug-likeness (QED) is 0.127. The summed E-state index contributed by atoms with van der Waals surface area (Å²) >= 11 is 1.80. The number of para-hydroxylation sites is 1. The summed E-state index contributed by atoms with van der Waals surface area (Å²) in [6.07, 6.45) is 0. The average molecular weight is 633 g/mol. The molecule has 3 aromatic rings. The predicted molar refractivity (Wildman–Crippen MR) is 170 cm³/mol. The van der Waals surface area contributed by atoms with Crippen molar-refractivity contribution in [2.24, 2.45) is 4.99 Å². The number of amidine groups is 1. The molecule has 0 heterocycles. The smallest absolute Gasteiger partial charge is 0.165 e. The molecule has 37 heavy (non-hydrogen) atoms. The molecule has 0 aliphatic rings. The molecule has 0 unspecified atom stereocenters. The van der Waals surface area contributed by atoms with Crippen LogP contribution < -0.4 is 9.47 Å². The minimum Gasteiger partial charge on any atom is -0.497 e. The van der Waals surface area contributed by atoms with Gasteiger partial charge >= 0.3 is 0 Å². The Morgan fingerprint density at radius 3 is 1.54 bits per heavy atom. The van der Waals surface area contributed by atoms with Crippen LogP contribution in [0.25, 0.3) is 0 Å². The number of benzene rings is 3. The monoisotopic (exact) mass is 632 g/mol. The summed E-state index contributed by atoms with van der Waals surface area (Å²) in [6.45, 7) is 12.7. The van der Waals surface area contributed by atoms with Crippen LogP contribution in [0.15, 0.2) is 71.7 Å². The molecule has 0 aromatic heterocycles. The van der Waals surface area contributed by atoms with E-state index in [1.807, 2.05) is 24.3 Å². The molecule has 200 valence electrons. The summed E-state index contributed by atoms with van der Waals surface area (Å²) in [5.74, 6) is 3.47. The van der Waals surface area contributed by atoms with Gasteiger partial charge in [0.05, 0.1) is 19.9 Å². The number of thioether (sulfide) groups is 1. The van der Waals surface area contributed by atoms with Crippen LogP contribution in [0, 0.1) is 0 Å². The number of nitrogens with zero attached hydrogens (tertiary/aromatic N) is 2. The first kappa shape index (κ1) is 31.0. The van der Waals surface area contributed by atoms with Crippen LogP contribution in [0.3, 0.4) is 0 Å². The van der Waals surface area contributed by atoms with Crippen molar-refractivity contribution in [2.45, 2.75) is 59.5 Å². The van der Waals surface area contributed by atoms with Crippen LogP contribution in [0.4, 0.5) is 5.69 Å². The largest absolute Gasteiger partial charge is 0.497 e. The van der Waals surface area contributed by atoms with Crippen LogP contribution in [0.5, 0.6) is 11.5 Å². The lowest BCUT2D eigenvalue weighted by Gasteiger charge is -2.27. The molecule has 4 nitrogen and oxygen atoms in total. The lowest BCUT2D eigenvalue weighted by Crippen LogP contribution is -2.28. The fourth-order valence-electron chi connectivity index (χ4n) is 4.15. The van der Waals surface area contributed by atoms with Gasteiger partial charge in [0.25, 0.3) is 0 Å². The first-order chi connectivity index (χ1) is 17.4. The Kier molecular flexibility index (Phi) is 12.8. The van der Waals surface area contributed by atoms with E-state index in [0.29, 0.717) is 11.8 Å². The SMILES string of the molecule is CCSC(=Nc1c(C(C)C)cccc1C(C)C)N(Cc1ccc(OC)cc1)Cc1ccc(OC)cc1.I. The van der Waals surface area contributed by atoms with Gasteiger partial charge in [0, 0.05) is 13.1 Å². The topological polar surface area (TPSA) is 34.1 Å². The summed E-state index contributed by atoms with van der Waals surface area (Å²) in [4.78, 5) is 7.79. The van der Waals surface area contributed by atoms with E-state index in [-0.39, 0.29) is 24.0 Å². The first-order valence-electron chi connectivity index (χ1n) is 12.7. The molecule has 0 aliphatic carbocycles. The zero-order chi connectivity index (χ0) is 26.1. The Hall–Kier alpha value is -2.19. The molecule has 0 radical (unpaired) electrons. The van der Waals surface area contributed by atoms with Crippen LogP contribution in [-0.4, -0.2) is 30.0 Å². The van der Waals surface area contributed by atoms with Crippen LogP contribution in [0.2, 0.25) is 0 Å². The van der Waals surface area contributed by atoms with Crippen molar-refractivity contribution in [1.82, 2.24) is 4.90 Å². The summed E-state index contributed by atoms with van der Waals surface area (Å²) in [6, 6.07) is 23.2. The third kappa shape index (κ3) is 8.67. The zero-order valence-electron chi connectivity index (χ0n) is 23.2. The van der Waals surface area contributed by atoms with E-state index in [1.54, 1.807) is 26.0 Å². The summed E-state index contributed by atoms with van der Waals surface area (Å²) in [5.41, 5.74) is 6.14. The fourth-order valence-corrected chi connectivity index (χ4v) is 4.88. The molecule has 0 aliphatic heterocycles. The number of ether oxygens (including phenoxy) is 2. The van der Waals surface area contributed by atoms with Crippen molar-refractivity contribution in [3.63, 3.8) is 0 Å². The number of halogens is 1. The normalized spacial score (nSPS) is 11.4. The van der Waals surface area contributed by atoms with E-state index in [9.17, 15) is 0 Å². The molecule has 0 saturated heterocycles. The second kappa shape index (κ2) is 15.3. The highest BCUT2D eigenvalue weighted by Gasteiger charge is 2.18. The predicted octanol–water partition coefficient (Wildman–Crippen LogP) is 9.01. The third-order valence-electron chi connectivity index (χ3n) is 6.16. The molecule has 6 heteroatoms. The van der Waals surface area contributed by atoms with Gasteiger partial charge in [-0.2, -0.15) is 0 Å². The van der Waals surface area contributed by atoms with Gasteiger partial charge in [-0.3, -0.25) is 0 Å². The van der Waals surface area contributed by atoms with E-state index >= 15 is 0 Å². The van der Waals surface area contributed by atoms with Gasteiger partial charge in [-0.15, -0.1) is 24.0 Å². The van der Waals surface area contributed by atoms with E-state index in [1.165, 1.54) is 22.3 Å². The summed E-state index contributed by atoms with van der Waals surface area (Å²) in [7, 11) is 3.40. The van der Waals surface area contributed by atoms with E-state index in [4.69, 9.17) is 14.5 Å². The van der Waals surface area contributed by atoms with E-state index in [0.717, 1.165) is 41.2 Å². The Balaban J connectivity index is 0.00000481. The maximum absolute atomic E-state index is 5.41. The number of hydrogen-bond donors (Lipinski definition) is 0. The standard InChI is InChI=1S/C31H40N2O2S.HI/c1-8-36-31(32-30-28(22(2)3)10-9-11-29(30)23(4)5)33(20-24-12-16-26(34-6)17-13-24)21-25-14-18-27(35-7)19-15-25;/h9-19,22-23H,8,20-21H2,1-7H3;1H. The van der Waals surface area contributed by atoms with Gasteiger partial charge in [-0.05, 0) is 64.1 Å². The summed E-state index contributed by atoms with van der Waals surface area (Å²) in [5, 5.41) is 1.04. The van der Waals surface area contributed by atoms with Crippen molar-refractivity contribution in [1.29, 1.82) is 0 Å². The molecule has 0 amide bonds. The van der Waals surface area contributed by atoms with Crippen molar-refractivity contribution < 1.29 is 9.47 Å². The highest BCUT2D eigenvalue weighted by Crippen LogP contribution is 2.36. The minimum atomic E-state index is 0.